The van der Waals surface area contributed by atoms with Crippen molar-refractivity contribution in [3.05, 3.63) is 51.3 Å². The SMILES string of the molecule is Cc1c(F)c(N2CCC(c3ncn[nH]3)C2)c(F)c2c1c(=O)c(C(=O)O)cn2C1CC1. The first-order valence-corrected chi connectivity index (χ1v) is 9.78. The van der Waals surface area contributed by atoms with Crippen molar-refractivity contribution in [2.24, 2.45) is 0 Å². The minimum atomic E-state index is -1.41. The number of aryl methyl sites for hydroxylation is 1. The molecule has 0 amide bonds. The molecule has 1 unspecified atom stereocenters. The minimum Gasteiger partial charge on any atom is -0.477 e. The van der Waals surface area contributed by atoms with Crippen molar-refractivity contribution in [2.75, 3.05) is 18.0 Å². The zero-order valence-corrected chi connectivity index (χ0v) is 16.2. The Bertz CT molecular complexity index is 1230. The summed E-state index contributed by atoms with van der Waals surface area (Å²) in [4.78, 5) is 30.1. The maximum atomic E-state index is 15.8. The number of nitrogens with one attached hydrogen (secondary N) is 1. The van der Waals surface area contributed by atoms with Gasteiger partial charge in [-0.25, -0.2) is 18.6 Å². The van der Waals surface area contributed by atoms with Crippen molar-refractivity contribution < 1.29 is 18.7 Å². The third-order valence-electron chi connectivity index (χ3n) is 6.06. The van der Waals surface area contributed by atoms with Crippen LogP contribution >= 0.6 is 0 Å². The van der Waals surface area contributed by atoms with Crippen LogP contribution in [0.5, 0.6) is 0 Å². The number of aromatic nitrogens is 4. The Morgan fingerprint density at radius 3 is 2.67 bits per heavy atom. The third kappa shape index (κ3) is 2.70. The molecule has 1 aromatic carbocycles. The van der Waals surface area contributed by atoms with Crippen molar-refractivity contribution in [3.8, 4) is 0 Å². The molecule has 0 bridgehead atoms. The first kappa shape index (κ1) is 18.7. The van der Waals surface area contributed by atoms with Crippen LogP contribution in [0.15, 0.2) is 17.3 Å². The number of rotatable bonds is 4. The predicted octanol–water partition coefficient (Wildman–Crippen LogP) is 2.73. The molecule has 156 valence electrons. The lowest BCUT2D eigenvalue weighted by molar-refractivity contribution is 0.0695. The molecule has 2 N–H and O–H groups in total. The number of carboxylic acids is 1. The smallest absolute Gasteiger partial charge is 0.341 e. The molecule has 2 aliphatic rings. The largest absolute Gasteiger partial charge is 0.477 e. The van der Waals surface area contributed by atoms with Crippen LogP contribution in [0, 0.1) is 18.6 Å². The van der Waals surface area contributed by atoms with E-state index >= 15 is 8.78 Å². The Labute approximate surface area is 169 Å². The van der Waals surface area contributed by atoms with E-state index in [9.17, 15) is 14.7 Å². The van der Waals surface area contributed by atoms with Gasteiger partial charge in [-0.3, -0.25) is 9.89 Å². The van der Waals surface area contributed by atoms with Crippen LogP contribution in [-0.4, -0.2) is 43.9 Å². The molecule has 1 atom stereocenters. The van der Waals surface area contributed by atoms with Crippen molar-refractivity contribution in [1.29, 1.82) is 0 Å². The highest BCUT2D eigenvalue weighted by atomic mass is 19.1. The van der Waals surface area contributed by atoms with Gasteiger partial charge in [0, 0.05) is 36.8 Å². The fraction of sp³-hybridized carbons (Fsp3) is 0.400. The van der Waals surface area contributed by atoms with Crippen molar-refractivity contribution in [2.45, 2.75) is 38.1 Å². The number of halogens is 2. The molecule has 1 saturated heterocycles. The number of aromatic amines is 1. The zero-order chi connectivity index (χ0) is 21.2. The lowest BCUT2D eigenvalue weighted by Crippen LogP contribution is -2.26. The van der Waals surface area contributed by atoms with Gasteiger partial charge in [0.1, 0.15) is 23.4 Å². The summed E-state index contributed by atoms with van der Waals surface area (Å²) >= 11 is 0. The molecule has 30 heavy (non-hydrogen) atoms. The number of pyridine rings is 1. The van der Waals surface area contributed by atoms with Gasteiger partial charge in [-0.15, -0.1) is 0 Å². The lowest BCUT2D eigenvalue weighted by Gasteiger charge is -2.23. The average molecular weight is 415 g/mol. The predicted molar refractivity (Wildman–Crippen MR) is 104 cm³/mol. The van der Waals surface area contributed by atoms with E-state index in [2.05, 4.69) is 15.2 Å². The van der Waals surface area contributed by atoms with Crippen LogP contribution < -0.4 is 10.3 Å². The molecular weight excluding hydrogens is 396 g/mol. The highest BCUT2D eigenvalue weighted by Gasteiger charge is 2.35. The summed E-state index contributed by atoms with van der Waals surface area (Å²) in [5.74, 6) is -2.44. The standard InChI is InChI=1S/C20H19F2N5O3/c1-9-13-16(27(11-2-3-11)7-12(18(13)28)20(29)30)15(22)17(14(9)21)26-5-4-10(6-26)19-23-8-24-25-19/h7-8,10-11H,2-6H2,1H3,(H,29,30)(H,23,24,25). The van der Waals surface area contributed by atoms with Gasteiger partial charge >= 0.3 is 5.97 Å². The Hall–Kier alpha value is -3.30. The fourth-order valence-corrected chi connectivity index (χ4v) is 4.37. The van der Waals surface area contributed by atoms with E-state index < -0.39 is 28.6 Å². The van der Waals surface area contributed by atoms with E-state index in [1.165, 1.54) is 24.0 Å². The summed E-state index contributed by atoms with van der Waals surface area (Å²) in [6.45, 7) is 2.18. The number of fused-ring (bicyclic) bond motifs is 1. The first-order valence-electron chi connectivity index (χ1n) is 9.78. The van der Waals surface area contributed by atoms with Gasteiger partial charge < -0.3 is 14.6 Å². The van der Waals surface area contributed by atoms with Crippen LogP contribution in [0.2, 0.25) is 0 Å². The number of nitrogens with zero attached hydrogens (tertiary/aromatic N) is 4. The Kier molecular flexibility index (Phi) is 4.12. The highest BCUT2D eigenvalue weighted by molar-refractivity contribution is 5.95. The summed E-state index contributed by atoms with van der Waals surface area (Å²) in [6, 6.07) is -0.0982. The van der Waals surface area contributed by atoms with E-state index in [1.807, 2.05) is 0 Å². The molecule has 3 heterocycles. The van der Waals surface area contributed by atoms with Crippen LogP contribution in [0.3, 0.4) is 0 Å². The van der Waals surface area contributed by atoms with Crippen LogP contribution in [0.25, 0.3) is 10.9 Å². The molecular formula is C20H19F2N5O3. The number of anilines is 1. The number of carboxylic acid groups (broad SMARTS) is 1. The molecule has 1 aliphatic heterocycles. The van der Waals surface area contributed by atoms with E-state index in [0.29, 0.717) is 25.3 Å². The summed E-state index contributed by atoms with van der Waals surface area (Å²) in [5, 5.41) is 15.8. The number of H-pyrrole nitrogens is 1. The molecule has 1 saturated carbocycles. The molecule has 1 aliphatic carbocycles. The van der Waals surface area contributed by atoms with Crippen molar-refractivity contribution >= 4 is 22.6 Å². The minimum absolute atomic E-state index is 0.0236. The van der Waals surface area contributed by atoms with Crippen LogP contribution in [0.1, 0.15) is 53.0 Å². The second kappa shape index (κ2) is 6.61. The second-order valence-corrected chi connectivity index (χ2v) is 7.94. The molecule has 5 rings (SSSR count). The maximum Gasteiger partial charge on any atom is 0.341 e. The lowest BCUT2D eigenvalue weighted by atomic mass is 10.0. The van der Waals surface area contributed by atoms with Gasteiger partial charge in [-0.2, -0.15) is 5.10 Å². The summed E-state index contributed by atoms with van der Waals surface area (Å²) < 4.78 is 32.6. The number of hydrogen-bond acceptors (Lipinski definition) is 5. The van der Waals surface area contributed by atoms with Gasteiger partial charge in [-0.1, -0.05) is 0 Å². The molecule has 2 fully saturated rings. The van der Waals surface area contributed by atoms with Crippen LogP contribution in [0.4, 0.5) is 14.5 Å². The molecule has 0 radical (unpaired) electrons. The van der Waals surface area contributed by atoms with Gasteiger partial charge in [-0.05, 0) is 26.2 Å². The van der Waals surface area contributed by atoms with E-state index in [4.69, 9.17) is 0 Å². The first-order chi connectivity index (χ1) is 14.4. The van der Waals surface area contributed by atoms with Gasteiger partial charge in [0.2, 0.25) is 5.43 Å². The van der Waals surface area contributed by atoms with Crippen molar-refractivity contribution in [3.63, 3.8) is 0 Å². The van der Waals surface area contributed by atoms with Crippen LogP contribution in [-0.2, 0) is 0 Å². The molecule has 3 aromatic rings. The Balaban J connectivity index is 1.71. The molecule has 8 nitrogen and oxygen atoms in total. The number of aromatic carboxylic acids is 1. The van der Waals surface area contributed by atoms with Gasteiger partial charge in [0.05, 0.1) is 10.9 Å². The number of benzene rings is 1. The summed E-state index contributed by atoms with van der Waals surface area (Å²) in [5.41, 5.74) is -1.58. The normalized spacial score (nSPS) is 19.0. The quantitative estimate of drug-likeness (QED) is 0.679. The number of carbonyl (C=O) groups is 1. The fourth-order valence-electron chi connectivity index (χ4n) is 4.37. The van der Waals surface area contributed by atoms with E-state index in [0.717, 1.165) is 12.8 Å². The zero-order valence-electron chi connectivity index (χ0n) is 16.2. The Morgan fingerprint density at radius 1 is 1.27 bits per heavy atom. The molecule has 2 aromatic heterocycles. The second-order valence-electron chi connectivity index (χ2n) is 7.94. The summed E-state index contributed by atoms with van der Waals surface area (Å²) in [7, 11) is 0. The molecule has 10 heteroatoms. The highest BCUT2D eigenvalue weighted by Crippen LogP contribution is 2.42. The van der Waals surface area contributed by atoms with E-state index in [1.54, 1.807) is 4.90 Å². The Morgan fingerprint density at radius 2 is 2.03 bits per heavy atom. The maximum absolute atomic E-state index is 15.8. The average Bonchev–Trinajstić information content (AvgIpc) is 3.20. The van der Waals surface area contributed by atoms with E-state index in [-0.39, 0.29) is 34.1 Å². The summed E-state index contributed by atoms with van der Waals surface area (Å²) in [6.07, 6.45) is 4.74. The van der Waals surface area contributed by atoms with Gasteiger partial charge in [0.25, 0.3) is 0 Å². The van der Waals surface area contributed by atoms with Crippen molar-refractivity contribution in [1.82, 2.24) is 19.7 Å². The van der Waals surface area contributed by atoms with Gasteiger partial charge in [0.15, 0.2) is 11.6 Å². The topological polar surface area (TPSA) is 104 Å². The molecule has 0 spiro atoms. The number of hydrogen-bond donors (Lipinski definition) is 2. The third-order valence-corrected chi connectivity index (χ3v) is 6.06. The monoisotopic (exact) mass is 415 g/mol.